The second-order valence-corrected chi connectivity index (χ2v) is 9.78. The van der Waals surface area contributed by atoms with Crippen molar-refractivity contribution in [2.24, 2.45) is 0 Å². The Morgan fingerprint density at radius 3 is 3.03 bits per heavy atom. The van der Waals surface area contributed by atoms with Crippen LogP contribution in [0.4, 0.5) is 5.69 Å². The molecule has 9 nitrogen and oxygen atoms in total. The number of thiophene rings is 1. The Hall–Kier alpha value is -3.08. The predicted molar refractivity (Wildman–Crippen MR) is 127 cm³/mol. The first kappa shape index (κ1) is 20.5. The molecule has 168 valence electrons. The van der Waals surface area contributed by atoms with Gasteiger partial charge >= 0.3 is 0 Å². The molecule has 0 unspecified atom stereocenters. The van der Waals surface area contributed by atoms with E-state index in [-0.39, 0.29) is 17.2 Å². The lowest BCUT2D eigenvalue weighted by Crippen LogP contribution is -2.34. The van der Waals surface area contributed by atoms with E-state index in [4.69, 9.17) is 16.3 Å². The monoisotopic (exact) mass is 481 g/mol. The highest BCUT2D eigenvalue weighted by Crippen LogP contribution is 2.40. The molecule has 1 atom stereocenters. The number of hydrogen-bond donors (Lipinski definition) is 2. The van der Waals surface area contributed by atoms with Crippen molar-refractivity contribution >= 4 is 55.7 Å². The van der Waals surface area contributed by atoms with E-state index in [1.807, 2.05) is 26.1 Å². The summed E-state index contributed by atoms with van der Waals surface area (Å²) in [6.07, 6.45) is 2.36. The molecule has 2 N–H and O–H groups in total. The molecule has 11 heteroatoms. The van der Waals surface area contributed by atoms with E-state index in [1.54, 1.807) is 6.20 Å². The standard InChI is InChI=1S/C22H20ClN7O2S/c1-10-7-24-18-16-14(33-19(18)20(31)26-10)4-3-12-17(16)25-8-15(27-12)32-21-11-5-6-30(2)9-13(11)28-22(23)29-21/h3-4,8,10,24H,5-7,9H2,1-2H3,(H,26,31)/t10-/m1/s1. The van der Waals surface area contributed by atoms with Gasteiger partial charge in [0.1, 0.15) is 4.88 Å². The Labute approximate surface area is 198 Å². The highest BCUT2D eigenvalue weighted by Gasteiger charge is 2.26. The van der Waals surface area contributed by atoms with Crippen molar-refractivity contribution in [1.82, 2.24) is 30.2 Å². The molecular formula is C22H20ClN7O2S. The van der Waals surface area contributed by atoms with Gasteiger partial charge in [-0.1, -0.05) is 0 Å². The van der Waals surface area contributed by atoms with Gasteiger partial charge in [-0.25, -0.2) is 15.0 Å². The summed E-state index contributed by atoms with van der Waals surface area (Å²) >= 11 is 7.60. The molecule has 0 saturated heterocycles. The van der Waals surface area contributed by atoms with Gasteiger partial charge in [0.2, 0.25) is 17.0 Å². The summed E-state index contributed by atoms with van der Waals surface area (Å²) in [4.78, 5) is 33.5. The third kappa shape index (κ3) is 3.54. The van der Waals surface area contributed by atoms with E-state index in [2.05, 4.69) is 35.5 Å². The largest absolute Gasteiger partial charge is 0.419 e. The topological polar surface area (TPSA) is 105 Å². The Morgan fingerprint density at radius 2 is 2.15 bits per heavy atom. The summed E-state index contributed by atoms with van der Waals surface area (Å²) in [6, 6.07) is 3.90. The third-order valence-corrected chi connectivity index (χ3v) is 7.23. The Morgan fingerprint density at radius 1 is 1.27 bits per heavy atom. The minimum absolute atomic E-state index is 0.0404. The minimum Gasteiger partial charge on any atom is -0.419 e. The average molecular weight is 482 g/mol. The minimum atomic E-state index is -0.0687. The molecule has 5 heterocycles. The number of ether oxygens (including phenoxy) is 1. The van der Waals surface area contributed by atoms with Gasteiger partial charge in [0.25, 0.3) is 5.91 Å². The lowest BCUT2D eigenvalue weighted by atomic mass is 10.1. The molecule has 0 radical (unpaired) electrons. The zero-order chi connectivity index (χ0) is 22.7. The third-order valence-electron chi connectivity index (χ3n) is 5.90. The van der Waals surface area contributed by atoms with Gasteiger partial charge in [0.05, 0.1) is 28.6 Å². The second-order valence-electron chi connectivity index (χ2n) is 8.39. The Kier molecular flexibility index (Phi) is 4.82. The van der Waals surface area contributed by atoms with Crippen molar-refractivity contribution in [2.75, 3.05) is 25.5 Å². The van der Waals surface area contributed by atoms with Gasteiger partial charge in [-0.3, -0.25) is 4.79 Å². The number of hydrogen-bond acceptors (Lipinski definition) is 9. The van der Waals surface area contributed by atoms with Crippen LogP contribution in [0.25, 0.3) is 21.1 Å². The van der Waals surface area contributed by atoms with Crippen LogP contribution in [-0.2, 0) is 13.0 Å². The maximum atomic E-state index is 12.6. The molecule has 0 fully saturated rings. The number of benzene rings is 1. The number of nitrogens with zero attached hydrogens (tertiary/aromatic N) is 5. The number of fused-ring (bicyclic) bond motifs is 6. The number of amides is 1. The van der Waals surface area contributed by atoms with E-state index >= 15 is 0 Å². The van der Waals surface area contributed by atoms with Crippen LogP contribution in [-0.4, -0.2) is 56.9 Å². The fourth-order valence-corrected chi connectivity index (χ4v) is 5.57. The Bertz CT molecular complexity index is 1440. The van der Waals surface area contributed by atoms with Crippen molar-refractivity contribution in [2.45, 2.75) is 25.9 Å². The number of halogens is 1. The van der Waals surface area contributed by atoms with Crippen LogP contribution in [0.1, 0.15) is 27.9 Å². The van der Waals surface area contributed by atoms with Gasteiger partial charge < -0.3 is 20.3 Å². The number of rotatable bonds is 2. The maximum absolute atomic E-state index is 12.6. The number of carbonyl (C=O) groups excluding carboxylic acids is 1. The zero-order valence-electron chi connectivity index (χ0n) is 18.0. The number of likely N-dealkylation sites (N-methyl/N-ethyl adjacent to an activating group) is 1. The molecule has 2 aliphatic heterocycles. The van der Waals surface area contributed by atoms with Crippen LogP contribution in [0.15, 0.2) is 18.3 Å². The first-order valence-corrected chi connectivity index (χ1v) is 11.8. The smallest absolute Gasteiger partial charge is 0.263 e. The normalized spacial score (nSPS) is 18.4. The Balaban J connectivity index is 1.42. The summed E-state index contributed by atoms with van der Waals surface area (Å²) in [6.45, 7) is 4.20. The van der Waals surface area contributed by atoms with E-state index in [1.165, 1.54) is 11.3 Å². The predicted octanol–water partition coefficient (Wildman–Crippen LogP) is 3.61. The van der Waals surface area contributed by atoms with E-state index < -0.39 is 0 Å². The lowest BCUT2D eigenvalue weighted by Gasteiger charge is -2.24. The van der Waals surface area contributed by atoms with Gasteiger partial charge in [-0.15, -0.1) is 11.3 Å². The van der Waals surface area contributed by atoms with Crippen LogP contribution < -0.4 is 15.4 Å². The van der Waals surface area contributed by atoms with E-state index in [0.717, 1.165) is 45.5 Å². The number of aromatic nitrogens is 4. The molecule has 1 aromatic carbocycles. The quantitative estimate of drug-likeness (QED) is 0.418. The summed E-state index contributed by atoms with van der Waals surface area (Å²) in [5, 5.41) is 7.47. The zero-order valence-corrected chi connectivity index (χ0v) is 19.5. The summed E-state index contributed by atoms with van der Waals surface area (Å²) in [5.41, 5.74) is 4.02. The van der Waals surface area contributed by atoms with Crippen molar-refractivity contribution in [3.63, 3.8) is 0 Å². The van der Waals surface area contributed by atoms with Crippen molar-refractivity contribution in [3.8, 4) is 11.8 Å². The van der Waals surface area contributed by atoms with Crippen LogP contribution in [0, 0.1) is 0 Å². The van der Waals surface area contributed by atoms with Crippen LogP contribution in [0.2, 0.25) is 5.28 Å². The molecular weight excluding hydrogens is 462 g/mol. The molecule has 2 aliphatic rings. The van der Waals surface area contributed by atoms with Crippen molar-refractivity contribution < 1.29 is 9.53 Å². The molecule has 0 aliphatic carbocycles. The molecule has 0 bridgehead atoms. The molecule has 0 saturated carbocycles. The molecule has 3 aromatic heterocycles. The fraction of sp³-hybridized carbons (Fsp3) is 0.318. The number of carbonyl (C=O) groups is 1. The fourth-order valence-electron chi connectivity index (χ4n) is 4.31. The molecule has 0 spiro atoms. The van der Waals surface area contributed by atoms with Crippen LogP contribution in [0.5, 0.6) is 11.8 Å². The SMILES string of the molecule is C[C@@H]1CNc2c(sc3ccc4nc(Oc5nc(Cl)nc6c5CCN(C)C6)cnc4c23)C(=O)N1. The summed E-state index contributed by atoms with van der Waals surface area (Å²) in [7, 11) is 2.04. The van der Waals surface area contributed by atoms with Crippen LogP contribution >= 0.6 is 22.9 Å². The first-order chi connectivity index (χ1) is 16.0. The maximum Gasteiger partial charge on any atom is 0.263 e. The lowest BCUT2D eigenvalue weighted by molar-refractivity contribution is 0.0949. The highest BCUT2D eigenvalue weighted by molar-refractivity contribution is 7.21. The number of nitrogens with one attached hydrogen (secondary N) is 2. The van der Waals surface area contributed by atoms with E-state index in [9.17, 15) is 4.79 Å². The van der Waals surface area contributed by atoms with Gasteiger partial charge in [0, 0.05) is 41.3 Å². The average Bonchev–Trinajstić information content (AvgIpc) is 3.09. The molecule has 1 amide bonds. The van der Waals surface area contributed by atoms with Crippen molar-refractivity contribution in [1.29, 1.82) is 0 Å². The molecule has 33 heavy (non-hydrogen) atoms. The first-order valence-electron chi connectivity index (χ1n) is 10.6. The number of anilines is 1. The van der Waals surface area contributed by atoms with Gasteiger partial charge in [0.15, 0.2) is 0 Å². The molecule has 6 rings (SSSR count). The highest BCUT2D eigenvalue weighted by atomic mass is 35.5. The summed E-state index contributed by atoms with van der Waals surface area (Å²) in [5.74, 6) is 0.684. The van der Waals surface area contributed by atoms with Gasteiger partial charge in [-0.2, -0.15) is 4.98 Å². The van der Waals surface area contributed by atoms with E-state index in [0.29, 0.717) is 35.2 Å². The van der Waals surface area contributed by atoms with Crippen molar-refractivity contribution in [3.05, 3.63) is 39.7 Å². The second kappa shape index (κ2) is 7.75. The molecule has 4 aromatic rings. The summed E-state index contributed by atoms with van der Waals surface area (Å²) < 4.78 is 7.03. The van der Waals surface area contributed by atoms with Gasteiger partial charge in [-0.05, 0) is 44.1 Å². The van der Waals surface area contributed by atoms with Crippen LogP contribution in [0.3, 0.4) is 0 Å².